The fraction of sp³-hybridized carbons (Fsp3) is 0.750. The second-order valence-electron chi connectivity index (χ2n) is 6.45. The molecule has 2 nitrogen and oxygen atoms in total. The average molecular weight is 278 g/mol. The van der Waals surface area contributed by atoms with Crippen LogP contribution in [-0.2, 0) is 6.42 Å². The van der Waals surface area contributed by atoms with Gasteiger partial charge in [-0.3, -0.25) is 0 Å². The number of nitrogens with one attached hydrogen (secondary N) is 1. The maximum absolute atomic E-state index is 3.89. The molecule has 0 spiro atoms. The van der Waals surface area contributed by atoms with Gasteiger partial charge in [-0.25, -0.2) is 0 Å². The molecule has 1 heterocycles. The monoisotopic (exact) mass is 278 g/mol. The van der Waals surface area contributed by atoms with Crippen LogP contribution < -0.4 is 5.32 Å². The molecule has 2 aliphatic carbocycles. The summed E-state index contributed by atoms with van der Waals surface area (Å²) in [5.74, 6) is 0. The van der Waals surface area contributed by atoms with Gasteiger partial charge in [0, 0.05) is 23.0 Å². The first kappa shape index (κ1) is 13.6. The SMILES string of the molecule is CN(C)C1(CNC2CCCc3sccc32)CCCC1. The quantitative estimate of drug-likeness (QED) is 0.905. The molecule has 19 heavy (non-hydrogen) atoms. The number of fused-ring (bicyclic) bond motifs is 1. The van der Waals surface area contributed by atoms with Crippen molar-refractivity contribution in [2.24, 2.45) is 0 Å². The van der Waals surface area contributed by atoms with E-state index in [1.165, 1.54) is 44.9 Å². The Morgan fingerprint density at radius 2 is 2.11 bits per heavy atom. The van der Waals surface area contributed by atoms with Gasteiger partial charge in [-0.2, -0.15) is 0 Å². The van der Waals surface area contributed by atoms with Gasteiger partial charge in [-0.05, 0) is 63.2 Å². The number of likely N-dealkylation sites (N-methyl/N-ethyl adjacent to an activating group) is 1. The Balaban J connectivity index is 1.67. The van der Waals surface area contributed by atoms with E-state index in [-0.39, 0.29) is 0 Å². The first-order valence-electron chi connectivity index (χ1n) is 7.68. The minimum absolute atomic E-state index is 0.410. The Hall–Kier alpha value is -0.380. The van der Waals surface area contributed by atoms with Crippen molar-refractivity contribution in [3.05, 3.63) is 21.9 Å². The molecule has 1 aromatic heterocycles. The van der Waals surface area contributed by atoms with E-state index >= 15 is 0 Å². The molecule has 0 radical (unpaired) electrons. The van der Waals surface area contributed by atoms with Crippen LogP contribution in [0.5, 0.6) is 0 Å². The van der Waals surface area contributed by atoms with Gasteiger partial charge in [0.1, 0.15) is 0 Å². The van der Waals surface area contributed by atoms with Crippen LogP contribution in [0.25, 0.3) is 0 Å². The highest BCUT2D eigenvalue weighted by molar-refractivity contribution is 7.10. The molecule has 1 saturated carbocycles. The first-order chi connectivity index (χ1) is 9.21. The summed E-state index contributed by atoms with van der Waals surface area (Å²) < 4.78 is 0. The molecular weight excluding hydrogens is 252 g/mol. The van der Waals surface area contributed by atoms with Crippen molar-refractivity contribution in [3.63, 3.8) is 0 Å². The topological polar surface area (TPSA) is 15.3 Å². The molecule has 2 aliphatic rings. The van der Waals surface area contributed by atoms with E-state index in [2.05, 4.69) is 35.8 Å². The van der Waals surface area contributed by atoms with Gasteiger partial charge < -0.3 is 10.2 Å². The Labute approximate surface area is 121 Å². The zero-order chi connectivity index (χ0) is 13.3. The lowest BCUT2D eigenvalue weighted by molar-refractivity contribution is 0.147. The molecule has 1 aromatic rings. The van der Waals surface area contributed by atoms with Gasteiger partial charge in [0.05, 0.1) is 0 Å². The Morgan fingerprint density at radius 1 is 1.32 bits per heavy atom. The van der Waals surface area contributed by atoms with E-state index < -0.39 is 0 Å². The average Bonchev–Trinajstić information content (AvgIpc) is 3.06. The molecule has 1 fully saturated rings. The minimum atomic E-state index is 0.410. The molecule has 0 aliphatic heterocycles. The van der Waals surface area contributed by atoms with Gasteiger partial charge >= 0.3 is 0 Å². The first-order valence-corrected chi connectivity index (χ1v) is 8.56. The van der Waals surface area contributed by atoms with Crippen LogP contribution in [0.1, 0.15) is 55.0 Å². The summed E-state index contributed by atoms with van der Waals surface area (Å²) in [6, 6.07) is 2.95. The smallest absolute Gasteiger partial charge is 0.0332 e. The van der Waals surface area contributed by atoms with E-state index in [0.29, 0.717) is 11.6 Å². The predicted octanol–water partition coefficient (Wildman–Crippen LogP) is 3.59. The largest absolute Gasteiger partial charge is 0.308 e. The minimum Gasteiger partial charge on any atom is -0.308 e. The van der Waals surface area contributed by atoms with Crippen LogP contribution in [0.2, 0.25) is 0 Å². The highest BCUT2D eigenvalue weighted by Crippen LogP contribution is 2.36. The second kappa shape index (κ2) is 5.55. The van der Waals surface area contributed by atoms with E-state index in [4.69, 9.17) is 0 Å². The lowest BCUT2D eigenvalue weighted by atomic mass is 9.91. The fourth-order valence-electron chi connectivity index (χ4n) is 3.83. The third-order valence-corrected chi connectivity index (χ3v) is 6.21. The van der Waals surface area contributed by atoms with Crippen LogP contribution in [0, 0.1) is 0 Å². The van der Waals surface area contributed by atoms with E-state index in [9.17, 15) is 0 Å². The van der Waals surface area contributed by atoms with Crippen LogP contribution in [-0.4, -0.2) is 31.1 Å². The van der Waals surface area contributed by atoms with Gasteiger partial charge in [0.2, 0.25) is 0 Å². The number of hydrogen-bond acceptors (Lipinski definition) is 3. The molecule has 0 aromatic carbocycles. The van der Waals surface area contributed by atoms with Crippen LogP contribution >= 0.6 is 11.3 Å². The van der Waals surface area contributed by atoms with Crippen molar-refractivity contribution in [1.29, 1.82) is 0 Å². The summed E-state index contributed by atoms with van der Waals surface area (Å²) in [4.78, 5) is 4.08. The van der Waals surface area contributed by atoms with Crippen LogP contribution in [0.15, 0.2) is 11.4 Å². The van der Waals surface area contributed by atoms with Crippen LogP contribution in [0.4, 0.5) is 0 Å². The highest BCUT2D eigenvalue weighted by Gasteiger charge is 2.36. The normalized spacial score (nSPS) is 25.7. The summed E-state index contributed by atoms with van der Waals surface area (Å²) in [7, 11) is 4.51. The second-order valence-corrected chi connectivity index (χ2v) is 7.45. The lowest BCUT2D eigenvalue weighted by Crippen LogP contribution is -2.50. The molecule has 1 N–H and O–H groups in total. The van der Waals surface area contributed by atoms with Crippen LogP contribution in [0.3, 0.4) is 0 Å². The Kier molecular flexibility index (Phi) is 3.97. The van der Waals surface area contributed by atoms with E-state index in [0.717, 1.165) is 6.54 Å². The Morgan fingerprint density at radius 3 is 2.84 bits per heavy atom. The number of aryl methyl sites for hydroxylation is 1. The third-order valence-electron chi connectivity index (χ3n) is 5.21. The summed E-state index contributed by atoms with van der Waals surface area (Å²) in [6.07, 6.45) is 9.46. The van der Waals surface area contributed by atoms with Gasteiger partial charge in [0.25, 0.3) is 0 Å². The standard InChI is InChI=1S/C16H26N2S/c1-18(2)16(9-3-4-10-16)12-17-14-6-5-7-15-13(14)8-11-19-15/h8,11,14,17H,3-7,9-10,12H2,1-2H3. The molecule has 0 bridgehead atoms. The number of thiophene rings is 1. The maximum atomic E-state index is 3.89. The van der Waals surface area contributed by atoms with Crippen molar-refractivity contribution >= 4 is 11.3 Å². The Bertz CT molecular complexity index is 418. The molecule has 3 rings (SSSR count). The molecule has 0 amide bonds. The molecule has 1 atom stereocenters. The fourth-order valence-corrected chi connectivity index (χ4v) is 4.81. The summed E-state index contributed by atoms with van der Waals surface area (Å²) >= 11 is 1.94. The van der Waals surface area contributed by atoms with Gasteiger partial charge in [0.15, 0.2) is 0 Å². The summed E-state index contributed by atoms with van der Waals surface area (Å²) in [6.45, 7) is 1.15. The van der Waals surface area contributed by atoms with Crippen molar-refractivity contribution in [3.8, 4) is 0 Å². The summed E-state index contributed by atoms with van der Waals surface area (Å²) in [5, 5.41) is 6.16. The zero-order valence-electron chi connectivity index (χ0n) is 12.2. The molecule has 1 unspecified atom stereocenters. The van der Waals surface area contributed by atoms with Crippen molar-refractivity contribution in [2.45, 2.75) is 56.5 Å². The van der Waals surface area contributed by atoms with Gasteiger partial charge in [-0.15, -0.1) is 11.3 Å². The number of rotatable bonds is 4. The molecule has 106 valence electrons. The zero-order valence-corrected chi connectivity index (χ0v) is 13.1. The third kappa shape index (κ3) is 2.61. The molecular formula is C16H26N2S. The van der Waals surface area contributed by atoms with Gasteiger partial charge in [-0.1, -0.05) is 12.8 Å². The molecule has 0 saturated heterocycles. The van der Waals surface area contributed by atoms with Crippen molar-refractivity contribution in [1.82, 2.24) is 10.2 Å². The number of nitrogens with zero attached hydrogens (tertiary/aromatic N) is 1. The van der Waals surface area contributed by atoms with Crippen molar-refractivity contribution < 1.29 is 0 Å². The molecule has 3 heteroatoms. The van der Waals surface area contributed by atoms with Crippen molar-refractivity contribution in [2.75, 3.05) is 20.6 Å². The predicted molar refractivity (Wildman–Crippen MR) is 82.9 cm³/mol. The maximum Gasteiger partial charge on any atom is 0.0332 e. The van der Waals surface area contributed by atoms with E-state index in [1.807, 2.05) is 11.3 Å². The highest BCUT2D eigenvalue weighted by atomic mass is 32.1. The van der Waals surface area contributed by atoms with E-state index in [1.54, 1.807) is 10.4 Å². The number of hydrogen-bond donors (Lipinski definition) is 1. The lowest BCUT2D eigenvalue weighted by Gasteiger charge is -2.38. The summed E-state index contributed by atoms with van der Waals surface area (Å²) in [5.41, 5.74) is 2.00.